The zero-order chi connectivity index (χ0) is 17.4. The molecule has 0 bridgehead atoms. The summed E-state index contributed by atoms with van der Waals surface area (Å²) in [5.74, 6) is 0.615. The van der Waals surface area contributed by atoms with Crippen LogP contribution in [0.25, 0.3) is 0 Å². The minimum atomic E-state index is -0.213. The molecule has 2 aliphatic heterocycles. The number of fused-ring (bicyclic) bond motifs is 1. The highest BCUT2D eigenvalue weighted by Crippen LogP contribution is 2.30. The second kappa shape index (κ2) is 6.82. The molecule has 1 saturated heterocycles. The van der Waals surface area contributed by atoms with Gasteiger partial charge in [0.1, 0.15) is 12.4 Å². The minimum Gasteiger partial charge on any atom is -0.457 e. The SMILES string of the molecule is Cc1c(C2CN(Cc3ncc(Br)cn3)CCN2)ccc2c1COC2=O. The van der Waals surface area contributed by atoms with E-state index >= 15 is 0 Å². The maximum absolute atomic E-state index is 11.7. The molecule has 1 N–H and O–H groups in total. The van der Waals surface area contributed by atoms with Crippen molar-refractivity contribution < 1.29 is 9.53 Å². The van der Waals surface area contributed by atoms with E-state index in [1.165, 1.54) is 5.56 Å². The van der Waals surface area contributed by atoms with Crippen molar-refractivity contribution in [2.75, 3.05) is 19.6 Å². The van der Waals surface area contributed by atoms with E-state index in [1.807, 2.05) is 6.07 Å². The molecule has 2 aromatic rings. The van der Waals surface area contributed by atoms with Crippen LogP contribution in [0.1, 0.15) is 38.9 Å². The number of piperazine rings is 1. The fraction of sp³-hybridized carbons (Fsp3) is 0.389. The largest absolute Gasteiger partial charge is 0.457 e. The summed E-state index contributed by atoms with van der Waals surface area (Å²) >= 11 is 3.36. The molecular formula is C18H19BrN4O2. The van der Waals surface area contributed by atoms with Crippen LogP contribution in [0, 0.1) is 6.92 Å². The van der Waals surface area contributed by atoms with Crippen molar-refractivity contribution in [2.45, 2.75) is 26.1 Å². The average molecular weight is 403 g/mol. The zero-order valence-corrected chi connectivity index (χ0v) is 15.5. The van der Waals surface area contributed by atoms with Crippen LogP contribution in [-0.2, 0) is 17.9 Å². The topological polar surface area (TPSA) is 67.3 Å². The van der Waals surface area contributed by atoms with E-state index in [9.17, 15) is 4.79 Å². The molecule has 7 heteroatoms. The lowest BCUT2D eigenvalue weighted by Gasteiger charge is -2.34. The van der Waals surface area contributed by atoms with Crippen LogP contribution in [-0.4, -0.2) is 40.5 Å². The maximum atomic E-state index is 11.7. The van der Waals surface area contributed by atoms with Gasteiger partial charge in [-0.3, -0.25) is 4.90 Å². The molecule has 6 nitrogen and oxygen atoms in total. The lowest BCUT2D eigenvalue weighted by atomic mass is 9.93. The molecule has 0 spiro atoms. The number of nitrogens with one attached hydrogen (secondary N) is 1. The van der Waals surface area contributed by atoms with E-state index in [-0.39, 0.29) is 12.0 Å². The summed E-state index contributed by atoms with van der Waals surface area (Å²) in [5, 5.41) is 3.59. The Bertz CT molecular complexity index is 809. The standard InChI is InChI=1S/C18H19BrN4O2/c1-11-13(2-3-14-15(11)10-25-18(14)24)16-8-23(5-4-20-16)9-17-21-6-12(19)7-22-17/h2-3,6-7,16,20H,4-5,8-10H2,1H3. The molecule has 4 rings (SSSR count). The van der Waals surface area contributed by atoms with Crippen molar-refractivity contribution in [1.82, 2.24) is 20.2 Å². The van der Waals surface area contributed by atoms with Crippen LogP contribution in [0.2, 0.25) is 0 Å². The highest BCUT2D eigenvalue weighted by atomic mass is 79.9. The first kappa shape index (κ1) is 16.6. The molecule has 1 aromatic heterocycles. The van der Waals surface area contributed by atoms with Gasteiger partial charge in [-0.05, 0) is 40.0 Å². The number of carbonyl (C=O) groups excluding carboxylic acids is 1. The van der Waals surface area contributed by atoms with E-state index in [4.69, 9.17) is 4.74 Å². The van der Waals surface area contributed by atoms with Crippen molar-refractivity contribution in [2.24, 2.45) is 0 Å². The van der Waals surface area contributed by atoms with Crippen molar-refractivity contribution >= 4 is 21.9 Å². The van der Waals surface area contributed by atoms with E-state index in [1.54, 1.807) is 12.4 Å². The summed E-state index contributed by atoms with van der Waals surface area (Å²) < 4.78 is 6.05. The van der Waals surface area contributed by atoms with Gasteiger partial charge in [0.25, 0.3) is 0 Å². The highest BCUT2D eigenvalue weighted by molar-refractivity contribution is 9.10. The number of esters is 1. The number of cyclic esters (lactones) is 1. The Kier molecular flexibility index (Phi) is 4.54. The number of hydrogen-bond donors (Lipinski definition) is 1. The quantitative estimate of drug-likeness (QED) is 0.794. The highest BCUT2D eigenvalue weighted by Gasteiger charge is 2.28. The normalized spacial score (nSPS) is 20.4. The first-order valence-electron chi connectivity index (χ1n) is 8.33. The molecule has 2 aliphatic rings. The van der Waals surface area contributed by atoms with Gasteiger partial charge < -0.3 is 10.1 Å². The van der Waals surface area contributed by atoms with Gasteiger partial charge in [-0.25, -0.2) is 14.8 Å². The number of nitrogens with zero attached hydrogens (tertiary/aromatic N) is 3. The molecule has 25 heavy (non-hydrogen) atoms. The second-order valence-electron chi connectivity index (χ2n) is 6.44. The third kappa shape index (κ3) is 3.31. The number of carbonyl (C=O) groups is 1. The molecule has 0 saturated carbocycles. The molecule has 0 radical (unpaired) electrons. The van der Waals surface area contributed by atoms with Crippen LogP contribution in [0.15, 0.2) is 29.0 Å². The van der Waals surface area contributed by atoms with Gasteiger partial charge in [0.15, 0.2) is 0 Å². The first-order chi connectivity index (χ1) is 12.1. The monoisotopic (exact) mass is 402 g/mol. The molecule has 1 fully saturated rings. The number of ether oxygens (including phenoxy) is 1. The predicted molar refractivity (Wildman–Crippen MR) is 96.1 cm³/mol. The third-order valence-electron chi connectivity index (χ3n) is 4.88. The van der Waals surface area contributed by atoms with Crippen molar-refractivity contribution in [3.8, 4) is 0 Å². The molecule has 1 atom stereocenters. The minimum absolute atomic E-state index is 0.213. The second-order valence-corrected chi connectivity index (χ2v) is 7.36. The average Bonchev–Trinajstić information content (AvgIpc) is 3.00. The molecule has 0 amide bonds. The van der Waals surface area contributed by atoms with Crippen LogP contribution >= 0.6 is 15.9 Å². The lowest BCUT2D eigenvalue weighted by Crippen LogP contribution is -2.45. The predicted octanol–water partition coefficient (Wildman–Crippen LogP) is 2.36. The Hall–Kier alpha value is -1.83. The van der Waals surface area contributed by atoms with Gasteiger partial charge in [-0.2, -0.15) is 0 Å². The summed E-state index contributed by atoms with van der Waals surface area (Å²) in [4.78, 5) is 22.8. The number of rotatable bonds is 3. The Morgan fingerprint density at radius 1 is 1.36 bits per heavy atom. The Labute approximate surface area is 154 Å². The molecule has 3 heterocycles. The van der Waals surface area contributed by atoms with Crippen LogP contribution in [0.5, 0.6) is 0 Å². The Morgan fingerprint density at radius 2 is 2.16 bits per heavy atom. The van der Waals surface area contributed by atoms with Crippen molar-refractivity contribution in [3.05, 3.63) is 57.1 Å². The van der Waals surface area contributed by atoms with Gasteiger partial charge in [0.2, 0.25) is 0 Å². The number of halogens is 1. The van der Waals surface area contributed by atoms with Gasteiger partial charge >= 0.3 is 5.97 Å². The van der Waals surface area contributed by atoms with Gasteiger partial charge in [-0.1, -0.05) is 6.07 Å². The lowest BCUT2D eigenvalue weighted by molar-refractivity contribution is 0.0535. The van der Waals surface area contributed by atoms with Gasteiger partial charge in [0.05, 0.1) is 16.6 Å². The van der Waals surface area contributed by atoms with Crippen molar-refractivity contribution in [1.29, 1.82) is 0 Å². The van der Waals surface area contributed by atoms with Crippen molar-refractivity contribution in [3.63, 3.8) is 0 Å². The summed E-state index contributed by atoms with van der Waals surface area (Å²) in [6.07, 6.45) is 3.56. The molecule has 1 aromatic carbocycles. The molecule has 130 valence electrons. The molecule has 1 unspecified atom stereocenters. The van der Waals surface area contributed by atoms with Gasteiger partial charge in [0, 0.05) is 43.6 Å². The summed E-state index contributed by atoms with van der Waals surface area (Å²) in [6.45, 7) is 5.95. The van der Waals surface area contributed by atoms with Crippen LogP contribution in [0.3, 0.4) is 0 Å². The van der Waals surface area contributed by atoms with E-state index in [0.717, 1.165) is 47.6 Å². The third-order valence-corrected chi connectivity index (χ3v) is 5.29. The maximum Gasteiger partial charge on any atom is 0.338 e. The van der Waals surface area contributed by atoms with Gasteiger partial charge in [-0.15, -0.1) is 0 Å². The molecular weight excluding hydrogens is 384 g/mol. The summed E-state index contributed by atoms with van der Waals surface area (Å²) in [5.41, 5.74) is 4.12. The number of hydrogen-bond acceptors (Lipinski definition) is 6. The molecule has 0 aliphatic carbocycles. The zero-order valence-electron chi connectivity index (χ0n) is 14.0. The van der Waals surface area contributed by atoms with E-state index in [2.05, 4.69) is 49.1 Å². The van der Waals surface area contributed by atoms with Crippen LogP contribution < -0.4 is 5.32 Å². The number of benzene rings is 1. The summed E-state index contributed by atoms with van der Waals surface area (Å²) in [6, 6.07) is 4.17. The Balaban J connectivity index is 1.52. The smallest absolute Gasteiger partial charge is 0.338 e. The Morgan fingerprint density at radius 3 is 2.96 bits per heavy atom. The summed E-state index contributed by atoms with van der Waals surface area (Å²) in [7, 11) is 0. The van der Waals surface area contributed by atoms with E-state index < -0.39 is 0 Å². The fourth-order valence-electron chi connectivity index (χ4n) is 3.53. The van der Waals surface area contributed by atoms with Crippen LogP contribution in [0.4, 0.5) is 0 Å². The number of aromatic nitrogens is 2. The first-order valence-corrected chi connectivity index (χ1v) is 9.13. The van der Waals surface area contributed by atoms with E-state index in [0.29, 0.717) is 12.2 Å². The fourth-order valence-corrected chi connectivity index (χ4v) is 3.73.